The normalized spacial score (nSPS) is 20.1. The molecule has 2 amide bonds. The van der Waals surface area contributed by atoms with Crippen LogP contribution >= 0.6 is 0 Å². The molecule has 0 aliphatic carbocycles. The fourth-order valence-corrected chi connectivity index (χ4v) is 3.01. The van der Waals surface area contributed by atoms with E-state index in [9.17, 15) is 9.59 Å². The maximum absolute atomic E-state index is 12.8. The molecule has 2 aromatic rings. The van der Waals surface area contributed by atoms with E-state index in [0.29, 0.717) is 5.69 Å². The highest BCUT2D eigenvalue weighted by molar-refractivity contribution is 5.86. The highest BCUT2D eigenvalue weighted by atomic mass is 16.5. The van der Waals surface area contributed by atoms with E-state index in [-0.39, 0.29) is 25.0 Å². The van der Waals surface area contributed by atoms with Crippen LogP contribution in [0, 0.1) is 13.8 Å². The van der Waals surface area contributed by atoms with E-state index in [1.54, 1.807) is 24.3 Å². The molecular weight excluding hydrogens is 332 g/mol. The molecule has 7 heteroatoms. The van der Waals surface area contributed by atoms with Crippen molar-refractivity contribution in [3.05, 3.63) is 59.2 Å². The van der Waals surface area contributed by atoms with Gasteiger partial charge in [-0.1, -0.05) is 24.3 Å². The molecule has 136 valence electrons. The highest BCUT2D eigenvalue weighted by Crippen LogP contribution is 2.31. The Morgan fingerprint density at radius 2 is 2.04 bits per heavy atom. The minimum Gasteiger partial charge on any atom is -0.356 e. The van der Waals surface area contributed by atoms with Crippen molar-refractivity contribution in [2.24, 2.45) is 0 Å². The third kappa shape index (κ3) is 3.72. The molecule has 1 aromatic heterocycles. The first-order valence-corrected chi connectivity index (χ1v) is 8.45. The molecule has 2 atom stereocenters. The summed E-state index contributed by atoms with van der Waals surface area (Å²) >= 11 is 0. The number of nitrogens with zero attached hydrogens (tertiary/aromatic N) is 3. The number of ether oxygens (including phenoxy) is 1. The van der Waals surface area contributed by atoms with Crippen molar-refractivity contribution in [3.8, 4) is 0 Å². The molecule has 0 unspecified atom stereocenters. The van der Waals surface area contributed by atoms with Crippen LogP contribution in [0.1, 0.15) is 28.6 Å². The minimum atomic E-state index is -0.780. The lowest BCUT2D eigenvalue weighted by molar-refractivity contribution is -0.162. The number of likely N-dealkylation sites (N-methyl/N-ethyl adjacent to an activating group) is 1. The average molecular weight is 354 g/mol. The molecule has 2 heterocycles. The first-order valence-electron chi connectivity index (χ1n) is 8.45. The van der Waals surface area contributed by atoms with Crippen molar-refractivity contribution < 1.29 is 14.3 Å². The van der Waals surface area contributed by atoms with Gasteiger partial charge in [0.05, 0.1) is 30.2 Å². The first-order chi connectivity index (χ1) is 12.5. The van der Waals surface area contributed by atoms with Gasteiger partial charge in [-0.15, -0.1) is 0 Å². The smallest absolute Gasteiger partial charge is 0.252 e. The maximum atomic E-state index is 12.8. The Morgan fingerprint density at radius 3 is 2.73 bits per heavy atom. The van der Waals surface area contributed by atoms with Crippen molar-refractivity contribution in [2.45, 2.75) is 32.5 Å². The summed E-state index contributed by atoms with van der Waals surface area (Å²) in [5.41, 5.74) is 3.38. The first kappa shape index (κ1) is 18.0. The highest BCUT2D eigenvalue weighted by Gasteiger charge is 2.40. The maximum Gasteiger partial charge on any atom is 0.252 e. The summed E-state index contributed by atoms with van der Waals surface area (Å²) in [6.07, 6.45) is 2.50. The zero-order chi connectivity index (χ0) is 18.7. The molecule has 1 fully saturated rings. The van der Waals surface area contributed by atoms with Crippen molar-refractivity contribution in [1.29, 1.82) is 0 Å². The van der Waals surface area contributed by atoms with Gasteiger partial charge in [0.15, 0.2) is 6.10 Å². The summed E-state index contributed by atoms with van der Waals surface area (Å²) in [6.45, 7) is 3.95. The standard InChI is InChI=1S/C19H22N4O3/c1-12-6-4-5-7-15(12)17-18(26-11-16(24)23(17)3)19(25)22-10-14-9-20-13(2)8-21-14/h4-9,17-18H,10-11H2,1-3H3,(H,22,25)/t17-,18+/m1/s1. The Hall–Kier alpha value is -2.80. The van der Waals surface area contributed by atoms with Gasteiger partial charge in [-0.25, -0.2) is 0 Å². The van der Waals surface area contributed by atoms with E-state index in [0.717, 1.165) is 16.8 Å². The molecule has 1 aromatic carbocycles. The lowest BCUT2D eigenvalue weighted by Gasteiger charge is -2.38. The fraction of sp³-hybridized carbons (Fsp3) is 0.368. The van der Waals surface area contributed by atoms with Gasteiger partial charge in [0, 0.05) is 13.2 Å². The number of nitrogens with one attached hydrogen (secondary N) is 1. The second kappa shape index (κ2) is 7.61. The molecule has 1 aliphatic heterocycles. The number of aromatic nitrogens is 2. The number of carbonyl (C=O) groups is 2. The number of rotatable bonds is 4. The molecule has 0 radical (unpaired) electrons. The van der Waals surface area contributed by atoms with E-state index < -0.39 is 12.1 Å². The van der Waals surface area contributed by atoms with Crippen LogP contribution in [0.25, 0.3) is 0 Å². The van der Waals surface area contributed by atoms with Crippen molar-refractivity contribution in [3.63, 3.8) is 0 Å². The van der Waals surface area contributed by atoms with E-state index in [1.165, 1.54) is 0 Å². The van der Waals surface area contributed by atoms with Gasteiger partial charge in [0.1, 0.15) is 6.61 Å². The molecule has 1 aliphatic rings. The number of morpholine rings is 1. The molecule has 1 N–H and O–H groups in total. The third-order valence-corrected chi connectivity index (χ3v) is 4.53. The SMILES string of the molecule is Cc1cnc(CNC(=O)[C@H]2OCC(=O)N(C)[C@@H]2c2ccccc2C)cn1. The summed E-state index contributed by atoms with van der Waals surface area (Å²) in [5.74, 6) is -0.424. The van der Waals surface area contributed by atoms with Crippen LogP contribution in [-0.2, 0) is 20.9 Å². The predicted molar refractivity (Wildman–Crippen MR) is 95.0 cm³/mol. The van der Waals surface area contributed by atoms with Gasteiger partial charge in [-0.3, -0.25) is 19.6 Å². The topological polar surface area (TPSA) is 84.4 Å². The Kier molecular flexibility index (Phi) is 5.27. The van der Waals surface area contributed by atoms with Crippen LogP contribution in [0.15, 0.2) is 36.7 Å². The Bertz CT molecular complexity index is 807. The van der Waals surface area contributed by atoms with Crippen LogP contribution < -0.4 is 5.32 Å². The Morgan fingerprint density at radius 1 is 1.27 bits per heavy atom. The Balaban J connectivity index is 1.79. The average Bonchev–Trinajstić information content (AvgIpc) is 2.64. The molecular formula is C19H22N4O3. The molecule has 0 spiro atoms. The summed E-state index contributed by atoms with van der Waals surface area (Å²) < 4.78 is 5.61. The number of carbonyl (C=O) groups excluding carboxylic acids is 2. The third-order valence-electron chi connectivity index (χ3n) is 4.53. The number of benzene rings is 1. The quantitative estimate of drug-likeness (QED) is 0.895. The minimum absolute atomic E-state index is 0.110. The molecule has 26 heavy (non-hydrogen) atoms. The van der Waals surface area contributed by atoms with E-state index >= 15 is 0 Å². The summed E-state index contributed by atoms with van der Waals surface area (Å²) in [5, 5.41) is 2.84. The van der Waals surface area contributed by atoms with E-state index in [2.05, 4.69) is 15.3 Å². The van der Waals surface area contributed by atoms with Gasteiger partial charge in [0.25, 0.3) is 5.91 Å². The summed E-state index contributed by atoms with van der Waals surface area (Å²) in [7, 11) is 1.70. The van der Waals surface area contributed by atoms with Crippen LogP contribution in [0.3, 0.4) is 0 Å². The van der Waals surface area contributed by atoms with Crippen LogP contribution in [0.5, 0.6) is 0 Å². The van der Waals surface area contributed by atoms with Gasteiger partial charge < -0.3 is 15.0 Å². The number of amides is 2. The zero-order valence-corrected chi connectivity index (χ0v) is 15.1. The fourth-order valence-electron chi connectivity index (χ4n) is 3.01. The zero-order valence-electron chi connectivity index (χ0n) is 15.1. The molecule has 0 bridgehead atoms. The second-order valence-electron chi connectivity index (χ2n) is 6.40. The predicted octanol–water partition coefficient (Wildman–Crippen LogP) is 1.31. The number of hydrogen-bond donors (Lipinski definition) is 1. The Labute approximate surface area is 152 Å². The monoisotopic (exact) mass is 354 g/mol. The molecule has 1 saturated heterocycles. The van der Waals surface area contributed by atoms with Crippen LogP contribution in [0.2, 0.25) is 0 Å². The number of hydrogen-bond acceptors (Lipinski definition) is 5. The lowest BCUT2D eigenvalue weighted by Crippen LogP contribution is -2.53. The van der Waals surface area contributed by atoms with E-state index in [1.807, 2.05) is 38.1 Å². The van der Waals surface area contributed by atoms with Gasteiger partial charge >= 0.3 is 0 Å². The molecule has 0 saturated carbocycles. The van der Waals surface area contributed by atoms with Gasteiger partial charge in [-0.05, 0) is 25.0 Å². The van der Waals surface area contributed by atoms with Gasteiger partial charge in [0.2, 0.25) is 5.91 Å². The molecule has 7 nitrogen and oxygen atoms in total. The number of aryl methyl sites for hydroxylation is 2. The van der Waals surface area contributed by atoms with Crippen molar-refractivity contribution in [1.82, 2.24) is 20.2 Å². The van der Waals surface area contributed by atoms with Crippen molar-refractivity contribution >= 4 is 11.8 Å². The second-order valence-corrected chi connectivity index (χ2v) is 6.40. The van der Waals surface area contributed by atoms with Crippen LogP contribution in [0.4, 0.5) is 0 Å². The van der Waals surface area contributed by atoms with E-state index in [4.69, 9.17) is 4.74 Å². The van der Waals surface area contributed by atoms with Crippen LogP contribution in [-0.4, -0.2) is 46.4 Å². The van der Waals surface area contributed by atoms with Gasteiger partial charge in [-0.2, -0.15) is 0 Å². The molecule has 3 rings (SSSR count). The summed E-state index contributed by atoms with van der Waals surface area (Å²) in [4.78, 5) is 34.9. The lowest BCUT2D eigenvalue weighted by atomic mass is 9.94. The van der Waals surface area contributed by atoms with Crippen molar-refractivity contribution in [2.75, 3.05) is 13.7 Å². The largest absolute Gasteiger partial charge is 0.356 e. The summed E-state index contributed by atoms with van der Waals surface area (Å²) in [6, 6.07) is 7.23.